The summed E-state index contributed by atoms with van der Waals surface area (Å²) < 4.78 is 48.4. The molecule has 208 valence electrons. The van der Waals surface area contributed by atoms with Crippen LogP contribution in [0.2, 0.25) is 0 Å². The Labute approximate surface area is 227 Å². The number of benzene rings is 1. The molecule has 1 fully saturated rings. The van der Waals surface area contributed by atoms with Crippen LogP contribution < -0.4 is 9.64 Å². The number of hydrogen-bond donors (Lipinski definition) is 0. The van der Waals surface area contributed by atoms with Crippen LogP contribution in [0.5, 0.6) is 5.88 Å². The summed E-state index contributed by atoms with van der Waals surface area (Å²) in [6.45, 7) is 4.38. The van der Waals surface area contributed by atoms with E-state index in [0.717, 1.165) is 30.3 Å². The van der Waals surface area contributed by atoms with Gasteiger partial charge >= 0.3 is 6.18 Å². The predicted octanol–water partition coefficient (Wildman–Crippen LogP) is 5.02. The van der Waals surface area contributed by atoms with Crippen LogP contribution in [0.4, 0.5) is 19.1 Å². The van der Waals surface area contributed by atoms with Gasteiger partial charge in [0.2, 0.25) is 17.7 Å². The second-order valence-corrected chi connectivity index (χ2v) is 9.92. The first-order valence-electron chi connectivity index (χ1n) is 13.1. The van der Waals surface area contributed by atoms with Crippen LogP contribution >= 0.6 is 0 Å². The third kappa shape index (κ3) is 4.48. The average molecular weight is 553 g/mol. The molecule has 0 unspecified atom stereocenters. The van der Waals surface area contributed by atoms with E-state index in [9.17, 15) is 18.0 Å². The summed E-state index contributed by atoms with van der Waals surface area (Å²) in [4.78, 5) is 32.1. The molecule has 1 atom stereocenters. The van der Waals surface area contributed by atoms with Gasteiger partial charge in [0, 0.05) is 30.6 Å². The number of rotatable bonds is 7. The molecule has 0 spiro atoms. The van der Waals surface area contributed by atoms with Crippen molar-refractivity contribution >= 4 is 11.9 Å². The predicted molar refractivity (Wildman–Crippen MR) is 138 cm³/mol. The maximum Gasteiger partial charge on any atom is 0.434 e. The van der Waals surface area contributed by atoms with Crippen LogP contribution in [0.25, 0.3) is 22.8 Å². The first-order chi connectivity index (χ1) is 19.2. The highest BCUT2D eigenvalue weighted by Crippen LogP contribution is 2.45. The van der Waals surface area contributed by atoms with Crippen LogP contribution in [0, 0.1) is 0 Å². The largest absolute Gasteiger partial charge is 0.480 e. The van der Waals surface area contributed by atoms with E-state index in [-0.39, 0.29) is 18.2 Å². The van der Waals surface area contributed by atoms with Gasteiger partial charge in [-0.1, -0.05) is 24.3 Å². The zero-order valence-corrected chi connectivity index (χ0v) is 22.2. The summed E-state index contributed by atoms with van der Waals surface area (Å²) >= 11 is 0. The minimum atomic E-state index is -4.53. The minimum absolute atomic E-state index is 0.0990. The van der Waals surface area contributed by atoms with Gasteiger partial charge in [-0.05, 0) is 32.3 Å². The second-order valence-electron chi connectivity index (χ2n) is 9.92. The third-order valence-electron chi connectivity index (χ3n) is 7.34. The van der Waals surface area contributed by atoms with Gasteiger partial charge in [-0.2, -0.15) is 18.2 Å². The number of carbonyl (C=O) groups is 1. The van der Waals surface area contributed by atoms with E-state index in [2.05, 4.69) is 15.0 Å². The smallest absolute Gasteiger partial charge is 0.434 e. The summed E-state index contributed by atoms with van der Waals surface area (Å²) in [6.07, 6.45) is 0.268. The first kappa shape index (κ1) is 26.0. The lowest BCUT2D eigenvalue weighted by Gasteiger charge is -2.31. The Morgan fingerprint density at radius 1 is 1.12 bits per heavy atom. The number of imidazole rings is 1. The summed E-state index contributed by atoms with van der Waals surface area (Å²) in [5.74, 6) is 1.64. The monoisotopic (exact) mass is 552 g/mol. The number of anilines is 1. The van der Waals surface area contributed by atoms with E-state index in [0.29, 0.717) is 47.8 Å². The van der Waals surface area contributed by atoms with Crippen LogP contribution in [-0.2, 0) is 24.1 Å². The number of nitrogens with zero attached hydrogens (tertiary/aromatic N) is 8. The maximum absolute atomic E-state index is 13.2. The van der Waals surface area contributed by atoms with Gasteiger partial charge in [0.15, 0.2) is 11.5 Å². The number of amides is 1. The highest BCUT2D eigenvalue weighted by atomic mass is 19.4. The van der Waals surface area contributed by atoms with E-state index >= 15 is 0 Å². The molecule has 1 aromatic carbocycles. The number of ether oxygens (including phenoxy) is 1. The molecule has 10 nitrogen and oxygen atoms in total. The quantitative estimate of drug-likeness (QED) is 0.317. The summed E-state index contributed by atoms with van der Waals surface area (Å²) in [7, 11) is 1.54. The SMILES string of the molecule is CCn1cc(C(F)(F)F)nc1-c1ccc([C@@H](C)N2C(=O)CCn3nc(-c4c(OC)ncnc4C4CC4)nc32)cc1. The highest BCUT2D eigenvalue weighted by Gasteiger charge is 2.37. The lowest BCUT2D eigenvalue weighted by atomic mass is 10.0. The van der Waals surface area contributed by atoms with Crippen molar-refractivity contribution in [3.63, 3.8) is 0 Å². The molecule has 1 aliphatic heterocycles. The molecule has 1 aliphatic carbocycles. The molecule has 3 aromatic heterocycles. The van der Waals surface area contributed by atoms with E-state index in [1.807, 2.05) is 6.92 Å². The van der Waals surface area contributed by atoms with Crippen molar-refractivity contribution in [3.8, 4) is 28.7 Å². The fourth-order valence-electron chi connectivity index (χ4n) is 5.09. The molecule has 0 radical (unpaired) electrons. The lowest BCUT2D eigenvalue weighted by molar-refractivity contribution is -0.140. The molecule has 40 heavy (non-hydrogen) atoms. The molecule has 0 bridgehead atoms. The van der Waals surface area contributed by atoms with Crippen molar-refractivity contribution in [1.82, 2.24) is 34.3 Å². The van der Waals surface area contributed by atoms with Crippen molar-refractivity contribution < 1.29 is 22.7 Å². The molecule has 2 aliphatic rings. The van der Waals surface area contributed by atoms with Crippen molar-refractivity contribution in [2.24, 2.45) is 0 Å². The fraction of sp³-hybridized carbons (Fsp3) is 0.407. The van der Waals surface area contributed by atoms with Crippen LogP contribution in [0.15, 0.2) is 36.8 Å². The Kier molecular flexibility index (Phi) is 6.31. The van der Waals surface area contributed by atoms with Gasteiger partial charge in [0.25, 0.3) is 0 Å². The number of aromatic nitrogens is 7. The Morgan fingerprint density at radius 2 is 1.88 bits per heavy atom. The topological polar surface area (TPSA) is 104 Å². The van der Waals surface area contributed by atoms with E-state index in [4.69, 9.17) is 14.8 Å². The summed E-state index contributed by atoms with van der Waals surface area (Å²) in [5.41, 5.74) is 1.90. The third-order valence-corrected chi connectivity index (χ3v) is 7.34. The van der Waals surface area contributed by atoms with Crippen molar-refractivity contribution in [2.45, 2.75) is 64.3 Å². The summed E-state index contributed by atoms with van der Waals surface area (Å²) in [5, 5.41) is 4.70. The number of hydrogen-bond acceptors (Lipinski definition) is 7. The van der Waals surface area contributed by atoms with Crippen molar-refractivity contribution in [3.05, 3.63) is 53.7 Å². The zero-order chi connectivity index (χ0) is 28.2. The molecular weight excluding hydrogens is 525 g/mol. The number of fused-ring (bicyclic) bond motifs is 1. The Balaban J connectivity index is 1.33. The molecule has 6 rings (SSSR count). The van der Waals surface area contributed by atoms with Gasteiger partial charge < -0.3 is 9.30 Å². The molecule has 0 saturated heterocycles. The van der Waals surface area contributed by atoms with Gasteiger partial charge in [0.1, 0.15) is 17.7 Å². The normalized spacial score (nSPS) is 16.2. The molecule has 1 amide bonds. The highest BCUT2D eigenvalue weighted by molar-refractivity contribution is 5.94. The molecule has 1 saturated carbocycles. The average Bonchev–Trinajstić information content (AvgIpc) is 3.55. The lowest BCUT2D eigenvalue weighted by Crippen LogP contribution is -2.39. The second kappa shape index (κ2) is 9.72. The number of methoxy groups -OCH3 is 1. The molecule has 4 aromatic rings. The zero-order valence-electron chi connectivity index (χ0n) is 22.2. The Bertz CT molecular complexity index is 1570. The number of halogens is 3. The number of aryl methyl sites for hydroxylation is 2. The fourth-order valence-corrected chi connectivity index (χ4v) is 5.09. The van der Waals surface area contributed by atoms with Gasteiger partial charge in [-0.25, -0.2) is 19.6 Å². The molecule has 0 N–H and O–H groups in total. The molecule has 4 heterocycles. The van der Waals surface area contributed by atoms with Gasteiger partial charge in [0.05, 0.1) is 25.4 Å². The number of alkyl halides is 3. The van der Waals surface area contributed by atoms with E-state index in [1.54, 1.807) is 40.8 Å². The van der Waals surface area contributed by atoms with E-state index in [1.165, 1.54) is 18.0 Å². The summed E-state index contributed by atoms with van der Waals surface area (Å²) in [6, 6.07) is 6.62. The number of carbonyl (C=O) groups excluding carboxylic acids is 1. The maximum atomic E-state index is 13.2. The van der Waals surface area contributed by atoms with E-state index < -0.39 is 17.9 Å². The molecular formula is C27H27F3N8O2. The standard InChI is InChI=1S/C27H27F3N8O2/c1-4-36-13-19(27(28,29)30)33-24(36)18-9-5-16(6-10-18)15(2)38-20(39)11-12-37-26(38)34-23(35-37)21-22(17-7-8-17)31-14-32-25(21)40-3/h5-6,9-10,13-15,17H,4,7-8,11-12H2,1-3H3/t15-/m1/s1. The van der Waals surface area contributed by atoms with Crippen LogP contribution in [-0.4, -0.2) is 47.3 Å². The molecule has 13 heteroatoms. The Hall–Kier alpha value is -4.29. The van der Waals surface area contributed by atoms with Crippen LogP contribution in [0.1, 0.15) is 62.0 Å². The minimum Gasteiger partial charge on any atom is -0.480 e. The first-order valence-corrected chi connectivity index (χ1v) is 13.1. The van der Waals surface area contributed by atoms with Crippen molar-refractivity contribution in [1.29, 1.82) is 0 Å². The Morgan fingerprint density at radius 3 is 2.52 bits per heavy atom. The van der Waals surface area contributed by atoms with Gasteiger partial charge in [-0.15, -0.1) is 5.10 Å². The van der Waals surface area contributed by atoms with Crippen molar-refractivity contribution in [2.75, 3.05) is 12.0 Å². The van der Waals surface area contributed by atoms with Crippen LogP contribution in [0.3, 0.4) is 0 Å². The van der Waals surface area contributed by atoms with Gasteiger partial charge in [-0.3, -0.25) is 9.69 Å².